The number of rotatable bonds is 11. The van der Waals surface area contributed by atoms with Crippen LogP contribution in [0.2, 0.25) is 0 Å². The van der Waals surface area contributed by atoms with Crippen LogP contribution >= 0.6 is 0 Å². The Kier molecular flexibility index (Phi) is 10.4. The zero-order chi connectivity index (χ0) is 28.8. The number of nitrogens with one attached hydrogen (secondary N) is 1. The number of piperazine rings is 1. The molecule has 0 saturated carbocycles. The Hall–Kier alpha value is -2.71. The number of nitrogen functional groups attached to an aromatic ring is 1. The average Bonchev–Trinajstić information content (AvgIpc) is 3.34. The lowest BCUT2D eigenvalue weighted by atomic mass is 9.89. The summed E-state index contributed by atoms with van der Waals surface area (Å²) in [5.41, 5.74) is 9.69. The van der Waals surface area contributed by atoms with Crippen molar-refractivity contribution in [1.82, 2.24) is 19.9 Å². The number of aromatic amines is 1. The number of Topliss-reactive ketones (excluding diaryl/α,β-unsaturated/α-hetero) is 1. The predicted octanol–water partition coefficient (Wildman–Crippen LogP) is 5.84. The molecule has 1 aliphatic heterocycles. The average molecular weight is 539 g/mol. The lowest BCUT2D eigenvalue weighted by Crippen LogP contribution is -2.49. The number of nitrogens with zero attached hydrogens (tertiary/aromatic N) is 4. The lowest BCUT2D eigenvalue weighted by molar-refractivity contribution is -0.128. The Morgan fingerprint density at radius 3 is 2.41 bits per heavy atom. The number of ketones is 1. The summed E-state index contributed by atoms with van der Waals surface area (Å²) in [6.45, 7) is 22.2. The SMILES string of the molecule is CC.CCCCc1nc2c([nH]1)c(N)nc1ccc(N3CCN(CC(C)(C)COCC(C)(C)C(C)=O)CC3)cc12. The molecule has 4 rings (SSSR count). The molecule has 0 radical (unpaired) electrons. The number of fused-ring (bicyclic) bond motifs is 3. The van der Waals surface area contributed by atoms with Crippen LogP contribution in [0.25, 0.3) is 21.9 Å². The molecule has 1 saturated heterocycles. The Balaban J connectivity index is 0.00000205. The standard InChI is InChI=1S/C29H44N6O2.C2H6/c1-7-8-9-24-32-25-22-16-21(10-11-23(22)31-27(30)26(25)33-24)35-14-12-34(13-15-35)17-28(3,4)18-37-19-29(5,6)20(2)36;1-2/h10-11,16H,7-9,12-15,17-19H2,1-6H3,(H2,30,31)(H,32,33);1-2H3. The highest BCUT2D eigenvalue weighted by Gasteiger charge is 2.28. The molecule has 0 unspecified atom stereocenters. The van der Waals surface area contributed by atoms with Crippen molar-refractivity contribution < 1.29 is 9.53 Å². The largest absolute Gasteiger partial charge is 0.382 e. The summed E-state index contributed by atoms with van der Waals surface area (Å²) in [5, 5.41) is 1.05. The molecule has 2 aromatic heterocycles. The molecule has 8 nitrogen and oxygen atoms in total. The number of pyridine rings is 1. The number of carbonyl (C=O) groups is 1. The van der Waals surface area contributed by atoms with Gasteiger partial charge in [0, 0.05) is 61.0 Å². The first-order chi connectivity index (χ1) is 18.5. The second-order valence-corrected chi connectivity index (χ2v) is 12.1. The molecule has 8 heteroatoms. The summed E-state index contributed by atoms with van der Waals surface area (Å²) < 4.78 is 5.98. The van der Waals surface area contributed by atoms with E-state index < -0.39 is 5.41 Å². The topological polar surface area (TPSA) is 100 Å². The number of aryl methyl sites for hydroxylation is 1. The third-order valence-corrected chi connectivity index (χ3v) is 7.55. The van der Waals surface area contributed by atoms with E-state index in [-0.39, 0.29) is 11.2 Å². The lowest BCUT2D eigenvalue weighted by Gasteiger charge is -2.40. The molecular formula is C31H50N6O2. The number of aromatic nitrogens is 3. The van der Waals surface area contributed by atoms with Crippen LogP contribution in [-0.2, 0) is 16.0 Å². The van der Waals surface area contributed by atoms with Crippen LogP contribution in [-0.4, -0.2) is 71.6 Å². The number of carbonyl (C=O) groups excluding carboxylic acids is 1. The predicted molar refractivity (Wildman–Crippen MR) is 163 cm³/mol. The first-order valence-electron chi connectivity index (χ1n) is 14.6. The number of H-pyrrole nitrogens is 1. The van der Waals surface area contributed by atoms with E-state index in [4.69, 9.17) is 15.5 Å². The minimum atomic E-state index is -0.429. The fourth-order valence-corrected chi connectivity index (χ4v) is 4.96. The molecule has 0 atom stereocenters. The van der Waals surface area contributed by atoms with Gasteiger partial charge < -0.3 is 20.4 Å². The first-order valence-corrected chi connectivity index (χ1v) is 14.6. The summed E-state index contributed by atoms with van der Waals surface area (Å²) in [5.74, 6) is 1.66. The van der Waals surface area contributed by atoms with Crippen molar-refractivity contribution >= 4 is 39.2 Å². The fraction of sp³-hybridized carbons (Fsp3) is 0.645. The molecule has 1 fully saturated rings. The summed E-state index contributed by atoms with van der Waals surface area (Å²) in [6.07, 6.45) is 3.15. The Morgan fingerprint density at radius 1 is 1.08 bits per heavy atom. The van der Waals surface area contributed by atoms with E-state index >= 15 is 0 Å². The van der Waals surface area contributed by atoms with Crippen molar-refractivity contribution in [2.45, 2.75) is 74.7 Å². The van der Waals surface area contributed by atoms with Crippen LogP contribution < -0.4 is 10.6 Å². The summed E-state index contributed by atoms with van der Waals surface area (Å²) >= 11 is 0. The normalized spacial score (nSPS) is 15.0. The number of ether oxygens (including phenoxy) is 1. The highest BCUT2D eigenvalue weighted by Crippen LogP contribution is 2.31. The maximum Gasteiger partial charge on any atom is 0.150 e. The molecule has 3 N–H and O–H groups in total. The highest BCUT2D eigenvalue weighted by atomic mass is 16.5. The number of benzene rings is 1. The Bertz CT molecular complexity index is 1240. The van der Waals surface area contributed by atoms with Crippen molar-refractivity contribution in [2.24, 2.45) is 10.8 Å². The number of unbranched alkanes of at least 4 members (excludes halogenated alkanes) is 1. The van der Waals surface area contributed by atoms with E-state index in [2.05, 4.69) is 58.7 Å². The van der Waals surface area contributed by atoms with Gasteiger partial charge in [0.2, 0.25) is 0 Å². The van der Waals surface area contributed by atoms with Crippen molar-refractivity contribution in [3.8, 4) is 0 Å². The second-order valence-electron chi connectivity index (χ2n) is 12.1. The van der Waals surface area contributed by atoms with Gasteiger partial charge in [-0.2, -0.15) is 0 Å². The van der Waals surface area contributed by atoms with Crippen LogP contribution in [0.4, 0.5) is 11.5 Å². The van der Waals surface area contributed by atoms with Crippen molar-refractivity contribution in [1.29, 1.82) is 0 Å². The van der Waals surface area contributed by atoms with E-state index in [0.717, 1.165) is 79.7 Å². The van der Waals surface area contributed by atoms with E-state index in [1.807, 2.05) is 27.7 Å². The third kappa shape index (κ3) is 7.70. The van der Waals surface area contributed by atoms with Gasteiger partial charge in [0.1, 0.15) is 28.5 Å². The molecular weight excluding hydrogens is 488 g/mol. The smallest absolute Gasteiger partial charge is 0.150 e. The zero-order valence-corrected chi connectivity index (χ0v) is 25.5. The Morgan fingerprint density at radius 2 is 1.77 bits per heavy atom. The van der Waals surface area contributed by atoms with Gasteiger partial charge >= 0.3 is 0 Å². The Labute approximate surface area is 234 Å². The molecule has 0 aliphatic carbocycles. The monoisotopic (exact) mass is 538 g/mol. The van der Waals surface area contributed by atoms with Gasteiger partial charge in [-0.3, -0.25) is 9.69 Å². The number of imidazole rings is 1. The van der Waals surface area contributed by atoms with E-state index in [0.29, 0.717) is 19.0 Å². The number of anilines is 2. The van der Waals surface area contributed by atoms with Gasteiger partial charge in [-0.1, -0.05) is 54.9 Å². The summed E-state index contributed by atoms with van der Waals surface area (Å²) in [7, 11) is 0. The molecule has 1 aliphatic rings. The first kappa shape index (κ1) is 30.8. The maximum atomic E-state index is 11.8. The van der Waals surface area contributed by atoms with E-state index in [1.54, 1.807) is 6.92 Å². The zero-order valence-electron chi connectivity index (χ0n) is 25.5. The van der Waals surface area contributed by atoms with Crippen molar-refractivity contribution in [3.63, 3.8) is 0 Å². The molecule has 0 spiro atoms. The molecule has 0 bridgehead atoms. The minimum Gasteiger partial charge on any atom is -0.382 e. The molecule has 0 amide bonds. The van der Waals surface area contributed by atoms with Crippen LogP contribution in [0.15, 0.2) is 18.2 Å². The third-order valence-electron chi connectivity index (χ3n) is 7.55. The van der Waals surface area contributed by atoms with E-state index in [1.165, 1.54) is 5.69 Å². The molecule has 3 aromatic rings. The minimum absolute atomic E-state index is 0.0185. The number of hydrogen-bond donors (Lipinski definition) is 2. The number of nitrogens with two attached hydrogens (primary N) is 1. The number of hydrogen-bond acceptors (Lipinski definition) is 7. The second kappa shape index (κ2) is 13.1. The molecule has 3 heterocycles. The highest BCUT2D eigenvalue weighted by molar-refractivity contribution is 6.07. The van der Waals surface area contributed by atoms with Crippen LogP contribution in [0.3, 0.4) is 0 Å². The fourth-order valence-electron chi connectivity index (χ4n) is 4.96. The quantitative estimate of drug-likeness (QED) is 0.316. The molecule has 1 aromatic carbocycles. The summed E-state index contributed by atoms with van der Waals surface area (Å²) in [4.78, 5) is 29.7. The van der Waals surface area contributed by atoms with Crippen molar-refractivity contribution in [2.75, 3.05) is 56.6 Å². The molecule has 216 valence electrons. The maximum absolute atomic E-state index is 11.8. The summed E-state index contributed by atoms with van der Waals surface area (Å²) in [6, 6.07) is 6.43. The van der Waals surface area contributed by atoms with Crippen molar-refractivity contribution in [3.05, 3.63) is 24.0 Å². The van der Waals surface area contributed by atoms with Crippen LogP contribution in [0, 0.1) is 10.8 Å². The van der Waals surface area contributed by atoms with E-state index in [9.17, 15) is 4.79 Å². The molecule has 39 heavy (non-hydrogen) atoms. The van der Waals surface area contributed by atoms with Crippen LogP contribution in [0.1, 0.15) is 74.1 Å². The van der Waals surface area contributed by atoms with Gasteiger partial charge in [0.25, 0.3) is 0 Å². The van der Waals surface area contributed by atoms with Gasteiger partial charge in [-0.05, 0) is 31.5 Å². The van der Waals surface area contributed by atoms with Gasteiger partial charge in [-0.25, -0.2) is 9.97 Å². The van der Waals surface area contributed by atoms with Gasteiger partial charge in [0.15, 0.2) is 0 Å². The van der Waals surface area contributed by atoms with Gasteiger partial charge in [-0.15, -0.1) is 0 Å². The van der Waals surface area contributed by atoms with Crippen LogP contribution in [0.5, 0.6) is 0 Å². The van der Waals surface area contributed by atoms with Gasteiger partial charge in [0.05, 0.1) is 18.7 Å².